The smallest absolute Gasteiger partial charge is 0.339 e. The van der Waals surface area contributed by atoms with Gasteiger partial charge >= 0.3 is 5.97 Å². The van der Waals surface area contributed by atoms with Gasteiger partial charge in [0.1, 0.15) is 17.9 Å². The number of rotatable bonds is 4. The van der Waals surface area contributed by atoms with E-state index in [1.54, 1.807) is 12.1 Å². The molecule has 0 aliphatic rings. The molecule has 3 nitrogen and oxygen atoms in total. The van der Waals surface area contributed by atoms with Crippen molar-refractivity contribution in [2.45, 2.75) is 6.92 Å². The van der Waals surface area contributed by atoms with Gasteiger partial charge in [0.15, 0.2) is 0 Å². The first-order chi connectivity index (χ1) is 7.00. The van der Waals surface area contributed by atoms with E-state index < -0.39 is 5.97 Å². The molecule has 0 saturated heterocycles. The second kappa shape index (κ2) is 4.98. The van der Waals surface area contributed by atoms with Gasteiger partial charge in [-0.3, -0.25) is 0 Å². The fraction of sp³-hybridized carbons (Fsp3) is 0.182. The molecular formula is C11H11BrO3. The molecule has 1 aromatic rings. The molecule has 0 aliphatic carbocycles. The average Bonchev–Trinajstić information content (AvgIpc) is 2.14. The van der Waals surface area contributed by atoms with Crippen LogP contribution in [0, 0.1) is 6.92 Å². The van der Waals surface area contributed by atoms with E-state index >= 15 is 0 Å². The third-order valence-electron chi connectivity index (χ3n) is 1.75. The third kappa shape index (κ3) is 3.40. The van der Waals surface area contributed by atoms with Crippen molar-refractivity contribution in [3.63, 3.8) is 0 Å². The lowest BCUT2D eigenvalue weighted by molar-refractivity contribution is 0.0693. The number of hydrogen-bond donors (Lipinski definition) is 1. The lowest BCUT2D eigenvalue weighted by Gasteiger charge is -2.08. The topological polar surface area (TPSA) is 46.5 Å². The summed E-state index contributed by atoms with van der Waals surface area (Å²) in [4.78, 5) is 10.9. The predicted molar refractivity (Wildman–Crippen MR) is 61.7 cm³/mol. The highest BCUT2D eigenvalue weighted by Gasteiger charge is 2.11. The lowest BCUT2D eigenvalue weighted by Crippen LogP contribution is -2.04. The van der Waals surface area contributed by atoms with E-state index in [-0.39, 0.29) is 12.2 Å². The first-order valence-electron chi connectivity index (χ1n) is 4.30. The van der Waals surface area contributed by atoms with Gasteiger partial charge in [-0.15, -0.1) is 0 Å². The molecule has 1 rings (SSSR count). The molecule has 80 valence electrons. The molecule has 0 saturated carbocycles. The molecule has 0 unspecified atom stereocenters. The standard InChI is InChI=1S/C11H11BrO3/c1-7-3-4-9(11(13)14)10(5-7)15-6-8(2)12/h3-5H,2,6H2,1H3,(H,13,14). The van der Waals surface area contributed by atoms with Crippen molar-refractivity contribution < 1.29 is 14.6 Å². The highest BCUT2D eigenvalue weighted by atomic mass is 79.9. The summed E-state index contributed by atoms with van der Waals surface area (Å²) in [6.45, 7) is 5.74. The quantitative estimate of drug-likeness (QED) is 0.915. The SMILES string of the molecule is C=C(Br)COc1cc(C)ccc1C(=O)O. The zero-order chi connectivity index (χ0) is 11.4. The summed E-state index contributed by atoms with van der Waals surface area (Å²) in [7, 11) is 0. The zero-order valence-corrected chi connectivity index (χ0v) is 9.87. The second-order valence-corrected chi connectivity index (χ2v) is 4.23. The minimum atomic E-state index is -0.995. The first-order valence-corrected chi connectivity index (χ1v) is 5.10. The van der Waals surface area contributed by atoms with Gasteiger partial charge in [0, 0.05) is 4.48 Å². The van der Waals surface area contributed by atoms with Crippen LogP contribution in [-0.2, 0) is 0 Å². The van der Waals surface area contributed by atoms with Gasteiger partial charge in [0.05, 0.1) is 0 Å². The number of aromatic carboxylic acids is 1. The van der Waals surface area contributed by atoms with Crippen molar-refractivity contribution in [2.24, 2.45) is 0 Å². The maximum atomic E-state index is 10.9. The molecular weight excluding hydrogens is 260 g/mol. The van der Waals surface area contributed by atoms with E-state index in [4.69, 9.17) is 9.84 Å². The number of hydrogen-bond acceptors (Lipinski definition) is 2. The Balaban J connectivity index is 2.96. The molecule has 0 amide bonds. The van der Waals surface area contributed by atoms with E-state index in [2.05, 4.69) is 22.5 Å². The lowest BCUT2D eigenvalue weighted by atomic mass is 10.1. The maximum absolute atomic E-state index is 10.9. The Bertz CT molecular complexity index is 399. The van der Waals surface area contributed by atoms with Crippen LogP contribution in [-0.4, -0.2) is 17.7 Å². The molecule has 4 heteroatoms. The van der Waals surface area contributed by atoms with E-state index in [0.29, 0.717) is 10.2 Å². The zero-order valence-electron chi connectivity index (χ0n) is 8.29. The number of carboxylic acid groups (broad SMARTS) is 1. The molecule has 1 aromatic carbocycles. The maximum Gasteiger partial charge on any atom is 0.339 e. The molecule has 0 fully saturated rings. The van der Waals surface area contributed by atoms with Crippen LogP contribution in [0.4, 0.5) is 0 Å². The number of carboxylic acids is 1. The fourth-order valence-electron chi connectivity index (χ4n) is 1.08. The van der Waals surface area contributed by atoms with Crippen molar-refractivity contribution in [1.82, 2.24) is 0 Å². The minimum Gasteiger partial charge on any atom is -0.487 e. The second-order valence-electron chi connectivity index (χ2n) is 3.11. The Kier molecular flexibility index (Phi) is 3.91. The number of ether oxygens (including phenoxy) is 1. The van der Waals surface area contributed by atoms with Crippen molar-refractivity contribution in [3.8, 4) is 5.75 Å². The Morgan fingerprint density at radius 1 is 1.60 bits per heavy atom. The summed E-state index contributed by atoms with van der Waals surface area (Å²) in [6.07, 6.45) is 0. The summed E-state index contributed by atoms with van der Waals surface area (Å²) in [5.74, 6) is -0.631. The summed E-state index contributed by atoms with van der Waals surface area (Å²) < 4.78 is 5.98. The van der Waals surface area contributed by atoms with E-state index in [1.165, 1.54) is 6.07 Å². The molecule has 0 aromatic heterocycles. The molecule has 0 bridgehead atoms. The predicted octanol–water partition coefficient (Wildman–Crippen LogP) is 2.98. The number of halogens is 1. The number of benzene rings is 1. The van der Waals surface area contributed by atoms with Crippen LogP contribution in [0.2, 0.25) is 0 Å². The summed E-state index contributed by atoms with van der Waals surface area (Å²) in [5.41, 5.74) is 1.12. The van der Waals surface area contributed by atoms with Crippen LogP contribution < -0.4 is 4.74 Å². The molecule has 15 heavy (non-hydrogen) atoms. The summed E-state index contributed by atoms with van der Waals surface area (Å²) in [5, 5.41) is 8.91. The van der Waals surface area contributed by atoms with E-state index in [1.807, 2.05) is 6.92 Å². The van der Waals surface area contributed by atoms with E-state index in [0.717, 1.165) is 5.56 Å². The minimum absolute atomic E-state index is 0.161. The largest absolute Gasteiger partial charge is 0.487 e. The first kappa shape index (κ1) is 11.8. The molecule has 0 heterocycles. The number of aryl methyl sites for hydroxylation is 1. The van der Waals surface area contributed by atoms with Crippen molar-refractivity contribution in [1.29, 1.82) is 0 Å². The normalized spacial score (nSPS) is 9.73. The van der Waals surface area contributed by atoms with Crippen LogP contribution in [0.1, 0.15) is 15.9 Å². The van der Waals surface area contributed by atoms with Crippen molar-refractivity contribution >= 4 is 21.9 Å². The highest BCUT2D eigenvalue weighted by Crippen LogP contribution is 2.21. The molecule has 0 radical (unpaired) electrons. The molecule has 0 atom stereocenters. The van der Waals surface area contributed by atoms with Gasteiger partial charge in [-0.2, -0.15) is 0 Å². The van der Waals surface area contributed by atoms with Crippen LogP contribution in [0.3, 0.4) is 0 Å². The third-order valence-corrected chi connectivity index (χ3v) is 1.98. The fourth-order valence-corrected chi connectivity index (χ4v) is 1.20. The summed E-state index contributed by atoms with van der Waals surface area (Å²) in [6, 6.07) is 4.96. The average molecular weight is 271 g/mol. The van der Waals surface area contributed by atoms with Crippen molar-refractivity contribution in [3.05, 3.63) is 40.4 Å². The van der Waals surface area contributed by atoms with Gasteiger partial charge in [0.25, 0.3) is 0 Å². The molecule has 1 N–H and O–H groups in total. The molecule has 0 aliphatic heterocycles. The van der Waals surface area contributed by atoms with Crippen LogP contribution in [0.25, 0.3) is 0 Å². The number of carbonyl (C=O) groups is 1. The highest BCUT2D eigenvalue weighted by molar-refractivity contribution is 9.11. The van der Waals surface area contributed by atoms with Gasteiger partial charge < -0.3 is 9.84 Å². The van der Waals surface area contributed by atoms with Crippen LogP contribution >= 0.6 is 15.9 Å². The Morgan fingerprint density at radius 2 is 2.27 bits per heavy atom. The monoisotopic (exact) mass is 270 g/mol. The van der Waals surface area contributed by atoms with Gasteiger partial charge in [-0.05, 0) is 24.6 Å². The Labute approximate surface area is 96.5 Å². The van der Waals surface area contributed by atoms with Crippen LogP contribution in [0.5, 0.6) is 5.75 Å². The Morgan fingerprint density at radius 3 is 2.80 bits per heavy atom. The Hall–Kier alpha value is -1.29. The summed E-state index contributed by atoms with van der Waals surface area (Å²) >= 11 is 3.15. The van der Waals surface area contributed by atoms with Gasteiger partial charge in [-0.25, -0.2) is 4.79 Å². The van der Waals surface area contributed by atoms with Crippen molar-refractivity contribution in [2.75, 3.05) is 6.61 Å². The van der Waals surface area contributed by atoms with Gasteiger partial charge in [0.2, 0.25) is 0 Å². The van der Waals surface area contributed by atoms with Gasteiger partial charge in [-0.1, -0.05) is 28.6 Å². The van der Waals surface area contributed by atoms with E-state index in [9.17, 15) is 4.79 Å². The van der Waals surface area contributed by atoms with Crippen LogP contribution in [0.15, 0.2) is 29.3 Å². The molecule has 0 spiro atoms.